The molecule has 0 unspecified atom stereocenters. The van der Waals surface area contributed by atoms with Gasteiger partial charge in [-0.05, 0) is 30.2 Å². The van der Waals surface area contributed by atoms with Crippen molar-refractivity contribution >= 4 is 5.78 Å². The molecule has 0 saturated heterocycles. The molecule has 2 aromatic carbocycles. The molecule has 0 fully saturated rings. The van der Waals surface area contributed by atoms with Crippen molar-refractivity contribution in [2.45, 2.75) is 13.3 Å². The maximum absolute atomic E-state index is 13.7. The van der Waals surface area contributed by atoms with Crippen molar-refractivity contribution in [3.63, 3.8) is 0 Å². The second kappa shape index (κ2) is 5.26. The molecule has 0 spiro atoms. The Labute approximate surface area is 108 Å². The minimum absolute atomic E-state index is 0.0779. The summed E-state index contributed by atoms with van der Waals surface area (Å²) in [7, 11) is 0. The summed E-state index contributed by atoms with van der Waals surface area (Å²) in [5, 5.41) is 0. The first-order chi connectivity index (χ1) is 9.00. The molecule has 98 valence electrons. The van der Waals surface area contributed by atoms with Gasteiger partial charge < -0.3 is 0 Å². The average Bonchev–Trinajstić information content (AvgIpc) is 2.38. The van der Waals surface area contributed by atoms with Gasteiger partial charge in [0.05, 0.1) is 5.56 Å². The van der Waals surface area contributed by atoms with Gasteiger partial charge in [0, 0.05) is 6.42 Å². The Balaban J connectivity index is 2.31. The Morgan fingerprint density at radius 3 is 2.42 bits per heavy atom. The van der Waals surface area contributed by atoms with Crippen LogP contribution in [0, 0.1) is 24.4 Å². The molecule has 0 N–H and O–H groups in total. The van der Waals surface area contributed by atoms with Crippen LogP contribution >= 0.6 is 0 Å². The highest BCUT2D eigenvalue weighted by Crippen LogP contribution is 2.17. The number of hydrogen-bond acceptors (Lipinski definition) is 1. The number of halogens is 3. The first-order valence-electron chi connectivity index (χ1n) is 5.72. The highest BCUT2D eigenvalue weighted by molar-refractivity contribution is 5.97. The average molecular weight is 264 g/mol. The summed E-state index contributed by atoms with van der Waals surface area (Å²) in [6.07, 6.45) is -0.371. The molecule has 0 saturated carbocycles. The second-order valence-electron chi connectivity index (χ2n) is 4.25. The number of carbonyl (C=O) groups excluding carboxylic acids is 1. The van der Waals surface area contributed by atoms with Crippen LogP contribution in [0.25, 0.3) is 0 Å². The summed E-state index contributed by atoms with van der Waals surface area (Å²) in [6, 6.07) is 8.01. The van der Waals surface area contributed by atoms with Crippen molar-refractivity contribution in [1.29, 1.82) is 0 Å². The molecule has 0 atom stereocenters. The third kappa shape index (κ3) is 2.67. The number of hydrogen-bond donors (Lipinski definition) is 0. The molecule has 0 aliphatic rings. The minimum Gasteiger partial charge on any atom is -0.294 e. The van der Waals surface area contributed by atoms with E-state index >= 15 is 0 Å². The van der Waals surface area contributed by atoms with E-state index in [-0.39, 0.29) is 17.5 Å². The van der Waals surface area contributed by atoms with Crippen LogP contribution in [0.4, 0.5) is 13.2 Å². The zero-order valence-corrected chi connectivity index (χ0v) is 10.2. The predicted molar refractivity (Wildman–Crippen MR) is 65.5 cm³/mol. The van der Waals surface area contributed by atoms with Gasteiger partial charge in [-0.25, -0.2) is 13.2 Å². The molecule has 0 amide bonds. The van der Waals surface area contributed by atoms with Crippen LogP contribution in [-0.4, -0.2) is 5.78 Å². The molecular weight excluding hydrogens is 253 g/mol. The molecule has 0 bridgehead atoms. The fourth-order valence-corrected chi connectivity index (χ4v) is 1.82. The molecule has 2 rings (SSSR count). The van der Waals surface area contributed by atoms with Gasteiger partial charge >= 0.3 is 0 Å². The van der Waals surface area contributed by atoms with Crippen LogP contribution in [0.3, 0.4) is 0 Å². The molecule has 2 aromatic rings. The van der Waals surface area contributed by atoms with E-state index in [1.807, 2.05) is 0 Å². The van der Waals surface area contributed by atoms with Crippen LogP contribution < -0.4 is 0 Å². The van der Waals surface area contributed by atoms with Crippen LogP contribution in [0.5, 0.6) is 0 Å². The quantitative estimate of drug-likeness (QED) is 0.770. The molecule has 0 aromatic heterocycles. The van der Waals surface area contributed by atoms with Crippen molar-refractivity contribution in [3.05, 3.63) is 70.5 Å². The zero-order chi connectivity index (χ0) is 14.0. The van der Waals surface area contributed by atoms with Crippen molar-refractivity contribution in [2.75, 3.05) is 0 Å². The maximum atomic E-state index is 13.7. The number of ketones is 1. The second-order valence-corrected chi connectivity index (χ2v) is 4.25. The molecule has 0 aliphatic carbocycles. The summed E-state index contributed by atoms with van der Waals surface area (Å²) in [5.41, 5.74) is 0.153. The van der Waals surface area contributed by atoms with Gasteiger partial charge in [0.2, 0.25) is 0 Å². The standard InChI is InChI=1S/C15H11F3O/c1-9-4-2-6-11(14(9)17)13(19)8-10-5-3-7-12(16)15(10)18/h2-7H,8H2,1H3. The Bertz CT molecular complexity index is 635. The lowest BCUT2D eigenvalue weighted by molar-refractivity contribution is 0.0987. The van der Waals surface area contributed by atoms with Gasteiger partial charge in [0.25, 0.3) is 0 Å². The lowest BCUT2D eigenvalue weighted by atomic mass is 10.0. The number of carbonyl (C=O) groups is 1. The van der Waals surface area contributed by atoms with E-state index in [1.165, 1.54) is 31.2 Å². The van der Waals surface area contributed by atoms with E-state index < -0.39 is 23.2 Å². The van der Waals surface area contributed by atoms with Gasteiger partial charge in [-0.1, -0.05) is 24.3 Å². The third-order valence-electron chi connectivity index (χ3n) is 2.87. The predicted octanol–water partition coefficient (Wildman–Crippen LogP) is 3.84. The van der Waals surface area contributed by atoms with Gasteiger partial charge in [0.15, 0.2) is 17.4 Å². The molecule has 0 aliphatic heterocycles. The van der Waals surface area contributed by atoms with Gasteiger partial charge in [-0.2, -0.15) is 0 Å². The normalized spacial score (nSPS) is 10.5. The van der Waals surface area contributed by atoms with E-state index in [2.05, 4.69) is 0 Å². The highest BCUT2D eigenvalue weighted by Gasteiger charge is 2.16. The minimum atomic E-state index is -1.07. The topological polar surface area (TPSA) is 17.1 Å². The third-order valence-corrected chi connectivity index (χ3v) is 2.87. The van der Waals surface area contributed by atoms with Crippen molar-refractivity contribution in [2.24, 2.45) is 0 Å². The summed E-state index contributed by atoms with van der Waals surface area (Å²) < 4.78 is 40.2. The lowest BCUT2D eigenvalue weighted by Crippen LogP contribution is -2.09. The Morgan fingerprint density at radius 2 is 1.68 bits per heavy atom. The van der Waals surface area contributed by atoms with E-state index in [4.69, 9.17) is 0 Å². The molecule has 0 heterocycles. The van der Waals surface area contributed by atoms with Crippen molar-refractivity contribution in [3.8, 4) is 0 Å². The SMILES string of the molecule is Cc1cccc(C(=O)Cc2cccc(F)c2F)c1F. The largest absolute Gasteiger partial charge is 0.294 e. The molecular formula is C15H11F3O. The number of rotatable bonds is 3. The van der Waals surface area contributed by atoms with Crippen LogP contribution in [-0.2, 0) is 6.42 Å². The van der Waals surface area contributed by atoms with Crippen molar-refractivity contribution in [1.82, 2.24) is 0 Å². The summed E-state index contributed by atoms with van der Waals surface area (Å²) >= 11 is 0. The smallest absolute Gasteiger partial charge is 0.170 e. The summed E-state index contributed by atoms with van der Waals surface area (Å²) in [4.78, 5) is 11.9. The number of aryl methyl sites for hydroxylation is 1. The van der Waals surface area contributed by atoms with Gasteiger partial charge in [0.1, 0.15) is 5.82 Å². The molecule has 19 heavy (non-hydrogen) atoms. The lowest BCUT2D eigenvalue weighted by Gasteiger charge is -2.06. The van der Waals surface area contributed by atoms with E-state index in [1.54, 1.807) is 6.07 Å². The zero-order valence-electron chi connectivity index (χ0n) is 10.2. The van der Waals surface area contributed by atoms with E-state index in [0.717, 1.165) is 6.07 Å². The monoisotopic (exact) mass is 264 g/mol. The van der Waals surface area contributed by atoms with Crippen LogP contribution in [0.2, 0.25) is 0 Å². The first-order valence-corrected chi connectivity index (χ1v) is 5.72. The molecule has 4 heteroatoms. The highest BCUT2D eigenvalue weighted by atomic mass is 19.2. The Kier molecular flexibility index (Phi) is 3.69. The molecule has 1 nitrogen and oxygen atoms in total. The first kappa shape index (κ1) is 13.3. The van der Waals surface area contributed by atoms with Crippen LogP contribution in [0.15, 0.2) is 36.4 Å². The Morgan fingerprint density at radius 1 is 1.00 bits per heavy atom. The van der Waals surface area contributed by atoms with Gasteiger partial charge in [-0.3, -0.25) is 4.79 Å². The summed E-state index contributed by atoms with van der Waals surface area (Å²) in [5.74, 6) is -3.28. The van der Waals surface area contributed by atoms with E-state index in [9.17, 15) is 18.0 Å². The van der Waals surface area contributed by atoms with E-state index in [0.29, 0.717) is 5.56 Å². The number of Topliss-reactive ketones (excluding diaryl/α,β-unsaturated/α-hetero) is 1. The maximum Gasteiger partial charge on any atom is 0.170 e. The Hall–Kier alpha value is -2.10. The summed E-state index contributed by atoms with van der Waals surface area (Å²) in [6.45, 7) is 1.54. The van der Waals surface area contributed by atoms with Crippen LogP contribution in [0.1, 0.15) is 21.5 Å². The molecule has 0 radical (unpaired) electrons. The number of benzene rings is 2. The fourth-order valence-electron chi connectivity index (χ4n) is 1.82. The van der Waals surface area contributed by atoms with Crippen molar-refractivity contribution < 1.29 is 18.0 Å². The fraction of sp³-hybridized carbons (Fsp3) is 0.133. The van der Waals surface area contributed by atoms with Gasteiger partial charge in [-0.15, -0.1) is 0 Å².